The van der Waals surface area contributed by atoms with Gasteiger partial charge in [-0.15, -0.1) is 0 Å². The van der Waals surface area contributed by atoms with Gasteiger partial charge in [0, 0.05) is 6.07 Å². The summed E-state index contributed by atoms with van der Waals surface area (Å²) >= 11 is 0. The first-order valence-electron chi connectivity index (χ1n) is 2.52. The van der Waals surface area contributed by atoms with Gasteiger partial charge < -0.3 is 0 Å². The van der Waals surface area contributed by atoms with Gasteiger partial charge in [0.1, 0.15) is 5.82 Å². The highest BCUT2D eigenvalue weighted by atomic mass is 16.1. The highest BCUT2D eigenvalue weighted by Gasteiger charge is 2.01. The van der Waals surface area contributed by atoms with Crippen LogP contribution in [0.5, 0.6) is 0 Å². The number of nitrogens with one attached hydrogen (secondary N) is 1. The third-order valence-corrected chi connectivity index (χ3v) is 0.959. The molecule has 0 saturated heterocycles. The summed E-state index contributed by atoms with van der Waals surface area (Å²) in [7, 11) is 0. The predicted molar refractivity (Wildman–Crippen MR) is 32.7 cm³/mol. The fraction of sp³-hybridized carbons (Fsp3) is 0. The van der Waals surface area contributed by atoms with Crippen LogP contribution in [0, 0.1) is 11.5 Å². The largest absolute Gasteiger partial charge is 0.277 e. The van der Waals surface area contributed by atoms with Crippen LogP contribution in [-0.4, -0.2) is 16.6 Å². The van der Waals surface area contributed by atoms with Gasteiger partial charge in [0.15, 0.2) is 6.19 Å². The Hall–Kier alpha value is -1.83. The molecule has 1 heterocycles. The van der Waals surface area contributed by atoms with Crippen LogP contribution in [0.15, 0.2) is 12.3 Å². The molecule has 0 aromatic carbocycles. The van der Waals surface area contributed by atoms with E-state index in [2.05, 4.69) is 10.2 Å². The monoisotopic (exact) mass is 136 g/mol. The fourth-order valence-corrected chi connectivity index (χ4v) is 0.517. The van der Waals surface area contributed by atoms with Gasteiger partial charge in [-0.1, -0.05) is 0 Å². The Labute approximate surface area is 56.9 Å². The second-order valence-electron chi connectivity index (χ2n) is 1.52. The lowest BCUT2D eigenvalue weighted by Crippen LogP contribution is -2.13. The van der Waals surface area contributed by atoms with Crippen LogP contribution in [0.3, 0.4) is 0 Å². The van der Waals surface area contributed by atoms with E-state index < -0.39 is 0 Å². The average molecular weight is 136 g/mol. The first kappa shape index (κ1) is 6.29. The highest BCUT2D eigenvalue weighted by Crippen LogP contribution is 2.03. The van der Waals surface area contributed by atoms with Crippen molar-refractivity contribution in [2.24, 2.45) is 0 Å². The second-order valence-corrected chi connectivity index (χ2v) is 1.52. The number of nitriles is 1. The first-order valence-corrected chi connectivity index (χ1v) is 2.52. The SMILES string of the molecule is N#CN(C=O)c1ccn[nH]1. The van der Waals surface area contributed by atoms with E-state index in [0.29, 0.717) is 12.2 Å². The number of nitrogens with zero attached hydrogens (tertiary/aromatic N) is 3. The van der Waals surface area contributed by atoms with Crippen molar-refractivity contribution in [2.75, 3.05) is 4.90 Å². The highest BCUT2D eigenvalue weighted by molar-refractivity contribution is 5.76. The minimum absolute atomic E-state index is 0.373. The molecule has 0 unspecified atom stereocenters. The van der Waals surface area contributed by atoms with Crippen molar-refractivity contribution in [3.8, 4) is 6.19 Å². The molecule has 10 heavy (non-hydrogen) atoms. The van der Waals surface area contributed by atoms with Crippen molar-refractivity contribution in [1.82, 2.24) is 10.2 Å². The van der Waals surface area contributed by atoms with Gasteiger partial charge in [-0.25, -0.2) is 4.90 Å². The molecule has 1 aromatic rings. The second kappa shape index (κ2) is 2.64. The molecule has 0 radical (unpaired) electrons. The van der Waals surface area contributed by atoms with E-state index in [9.17, 15) is 4.79 Å². The number of carbonyl (C=O) groups excluding carboxylic acids is 1. The maximum atomic E-state index is 10.1. The zero-order chi connectivity index (χ0) is 7.40. The molecule has 5 heteroatoms. The standard InChI is InChI=1S/C5H4N4O/c6-3-9(4-10)5-1-2-7-8-5/h1-2,4H,(H,7,8). The van der Waals surface area contributed by atoms with Gasteiger partial charge in [-0.05, 0) is 0 Å². The van der Waals surface area contributed by atoms with Crippen molar-refractivity contribution in [3.63, 3.8) is 0 Å². The molecule has 1 rings (SSSR count). The molecule has 0 aliphatic heterocycles. The van der Waals surface area contributed by atoms with E-state index in [4.69, 9.17) is 5.26 Å². The molecule has 0 aliphatic rings. The molecule has 0 atom stereocenters. The van der Waals surface area contributed by atoms with Crippen molar-refractivity contribution in [2.45, 2.75) is 0 Å². The molecule has 5 nitrogen and oxygen atoms in total. The van der Waals surface area contributed by atoms with E-state index >= 15 is 0 Å². The summed E-state index contributed by atoms with van der Waals surface area (Å²) in [5.74, 6) is 0.373. The zero-order valence-electron chi connectivity index (χ0n) is 4.98. The van der Waals surface area contributed by atoms with Crippen molar-refractivity contribution in [1.29, 1.82) is 5.26 Å². The summed E-state index contributed by atoms with van der Waals surface area (Å²) in [4.78, 5) is 10.9. The zero-order valence-corrected chi connectivity index (χ0v) is 4.98. The molecule has 0 saturated carbocycles. The van der Waals surface area contributed by atoms with Gasteiger partial charge in [0.2, 0.25) is 6.41 Å². The summed E-state index contributed by atoms with van der Waals surface area (Å²) in [6, 6.07) is 1.53. The van der Waals surface area contributed by atoms with E-state index in [-0.39, 0.29) is 0 Å². The molecule has 0 spiro atoms. The molecule has 1 amide bonds. The number of H-pyrrole nitrogens is 1. The van der Waals surface area contributed by atoms with Gasteiger partial charge in [-0.2, -0.15) is 10.4 Å². The number of anilines is 1. The normalized spacial score (nSPS) is 8.30. The maximum Gasteiger partial charge on any atom is 0.228 e. The molecule has 0 fully saturated rings. The number of amides is 1. The third kappa shape index (κ3) is 0.951. The molecule has 1 N–H and O–H groups in total. The number of hydrogen-bond donors (Lipinski definition) is 1. The average Bonchev–Trinajstić information content (AvgIpc) is 2.43. The Morgan fingerprint density at radius 1 is 1.90 bits per heavy atom. The minimum atomic E-state index is 0.373. The van der Waals surface area contributed by atoms with Crippen molar-refractivity contribution < 1.29 is 4.79 Å². The quantitative estimate of drug-likeness (QED) is 0.349. The number of rotatable bonds is 2. The smallest absolute Gasteiger partial charge is 0.228 e. The first-order chi connectivity index (χ1) is 4.88. The predicted octanol–water partition coefficient (Wildman–Crippen LogP) is -0.146. The van der Waals surface area contributed by atoms with Gasteiger partial charge in [-0.3, -0.25) is 9.89 Å². The number of aromatic amines is 1. The Morgan fingerprint density at radius 3 is 3.10 bits per heavy atom. The van der Waals surface area contributed by atoms with Crippen molar-refractivity contribution >= 4 is 12.2 Å². The van der Waals surface area contributed by atoms with Crippen LogP contribution < -0.4 is 4.90 Å². The molecular weight excluding hydrogens is 132 g/mol. The van der Waals surface area contributed by atoms with Gasteiger partial charge >= 0.3 is 0 Å². The number of hydrogen-bond acceptors (Lipinski definition) is 3. The topological polar surface area (TPSA) is 72.8 Å². The van der Waals surface area contributed by atoms with Crippen LogP contribution in [-0.2, 0) is 4.79 Å². The third-order valence-electron chi connectivity index (χ3n) is 0.959. The molecule has 50 valence electrons. The molecule has 0 aliphatic carbocycles. The summed E-state index contributed by atoms with van der Waals surface area (Å²) in [5.41, 5.74) is 0. The Kier molecular flexibility index (Phi) is 1.66. The Morgan fingerprint density at radius 2 is 2.70 bits per heavy atom. The number of carbonyl (C=O) groups is 1. The summed E-state index contributed by atoms with van der Waals surface area (Å²) in [6.45, 7) is 0. The van der Waals surface area contributed by atoms with Crippen LogP contribution in [0.1, 0.15) is 0 Å². The Bertz CT molecular complexity index is 247. The summed E-state index contributed by atoms with van der Waals surface area (Å²) in [6.07, 6.45) is 3.52. The van der Waals surface area contributed by atoms with Crippen molar-refractivity contribution in [3.05, 3.63) is 12.3 Å². The van der Waals surface area contributed by atoms with E-state index in [1.54, 1.807) is 6.19 Å². The minimum Gasteiger partial charge on any atom is -0.277 e. The maximum absolute atomic E-state index is 10.1. The van der Waals surface area contributed by atoms with Crippen LogP contribution in [0.4, 0.5) is 5.82 Å². The molecule has 0 bridgehead atoms. The van der Waals surface area contributed by atoms with Crippen LogP contribution in [0.2, 0.25) is 0 Å². The van der Waals surface area contributed by atoms with Crippen LogP contribution >= 0.6 is 0 Å². The van der Waals surface area contributed by atoms with Crippen LogP contribution in [0.25, 0.3) is 0 Å². The van der Waals surface area contributed by atoms with Gasteiger partial charge in [0.25, 0.3) is 0 Å². The lowest BCUT2D eigenvalue weighted by molar-refractivity contribution is -0.106. The van der Waals surface area contributed by atoms with E-state index in [1.165, 1.54) is 12.3 Å². The summed E-state index contributed by atoms with van der Waals surface area (Å²) in [5, 5.41) is 14.3. The lowest BCUT2D eigenvalue weighted by Gasteiger charge is -1.99. The van der Waals surface area contributed by atoms with E-state index in [0.717, 1.165) is 4.90 Å². The van der Waals surface area contributed by atoms with Gasteiger partial charge in [0.05, 0.1) is 6.20 Å². The fourth-order valence-electron chi connectivity index (χ4n) is 0.517. The summed E-state index contributed by atoms with van der Waals surface area (Å²) < 4.78 is 0. The lowest BCUT2D eigenvalue weighted by atomic mass is 10.6. The number of aromatic nitrogens is 2. The van der Waals surface area contributed by atoms with E-state index in [1.807, 2.05) is 0 Å². The molecule has 1 aromatic heterocycles. The Balaban J connectivity index is 2.86. The molecular formula is C5H4N4O.